The molecule has 28 heavy (non-hydrogen) atoms. The average Bonchev–Trinajstić information content (AvgIpc) is 2.69. The van der Waals surface area contributed by atoms with E-state index in [1.54, 1.807) is 0 Å². The first-order chi connectivity index (χ1) is 13.6. The highest BCUT2D eigenvalue weighted by molar-refractivity contribution is 7.99. The number of nitrogens with one attached hydrogen (secondary N) is 1. The van der Waals surface area contributed by atoms with Crippen LogP contribution in [0.3, 0.4) is 0 Å². The Balaban J connectivity index is 1.67. The predicted molar refractivity (Wildman–Crippen MR) is 116 cm³/mol. The molecule has 1 N–H and O–H groups in total. The molecule has 5 heteroatoms. The van der Waals surface area contributed by atoms with Gasteiger partial charge in [0.2, 0.25) is 0 Å². The summed E-state index contributed by atoms with van der Waals surface area (Å²) in [6, 6.07) is 17.7. The van der Waals surface area contributed by atoms with Crippen LogP contribution in [0, 0.1) is 5.92 Å². The van der Waals surface area contributed by atoms with Gasteiger partial charge in [0.05, 0.1) is 11.1 Å². The quantitative estimate of drug-likeness (QED) is 0.545. The van der Waals surface area contributed by atoms with Crippen LogP contribution in [-0.2, 0) is 0 Å². The molecule has 1 aromatic heterocycles. The van der Waals surface area contributed by atoms with Gasteiger partial charge in [-0.3, -0.25) is 4.79 Å². The third kappa shape index (κ3) is 4.34. The molecule has 0 radical (unpaired) electrons. The number of rotatable bonds is 4. The minimum Gasteiger partial charge on any atom is -0.349 e. The molecule has 3 nitrogen and oxygen atoms in total. The number of carbonyl (C=O) groups is 1. The zero-order valence-corrected chi connectivity index (χ0v) is 17.4. The van der Waals surface area contributed by atoms with Gasteiger partial charge in [0, 0.05) is 21.3 Å². The lowest BCUT2D eigenvalue weighted by Crippen LogP contribution is -2.41. The van der Waals surface area contributed by atoms with Gasteiger partial charge in [-0.15, -0.1) is 0 Å². The number of carbonyl (C=O) groups excluding carboxylic acids is 1. The monoisotopic (exact) mass is 410 g/mol. The Bertz CT molecular complexity index is 1010. The van der Waals surface area contributed by atoms with E-state index in [0.717, 1.165) is 27.2 Å². The largest absolute Gasteiger partial charge is 0.349 e. The molecule has 0 unspecified atom stereocenters. The Kier molecular flexibility index (Phi) is 5.88. The smallest absolute Gasteiger partial charge is 0.252 e. The Morgan fingerprint density at radius 3 is 2.75 bits per heavy atom. The molecule has 0 spiro atoms. The zero-order chi connectivity index (χ0) is 19.5. The minimum absolute atomic E-state index is 0.00899. The van der Waals surface area contributed by atoms with E-state index >= 15 is 0 Å². The fourth-order valence-corrected chi connectivity index (χ4v) is 4.97. The number of halogens is 1. The molecular formula is C23H23ClN2OS. The second-order valence-electron chi connectivity index (χ2n) is 7.43. The fourth-order valence-electron chi connectivity index (χ4n) is 3.82. The highest BCUT2D eigenvalue weighted by atomic mass is 35.5. The van der Waals surface area contributed by atoms with Crippen molar-refractivity contribution in [2.45, 2.75) is 48.6 Å². The van der Waals surface area contributed by atoms with Gasteiger partial charge in [0.15, 0.2) is 0 Å². The van der Waals surface area contributed by atoms with Gasteiger partial charge in [-0.05, 0) is 49.1 Å². The predicted octanol–water partition coefficient (Wildman–Crippen LogP) is 6.35. The number of benzene rings is 2. The van der Waals surface area contributed by atoms with Crippen LogP contribution in [0.1, 0.15) is 43.0 Å². The summed E-state index contributed by atoms with van der Waals surface area (Å²) in [6.07, 6.45) is 4.67. The van der Waals surface area contributed by atoms with Crippen molar-refractivity contribution < 1.29 is 4.79 Å². The fraction of sp³-hybridized carbons (Fsp3) is 0.304. The summed E-state index contributed by atoms with van der Waals surface area (Å²) in [5, 5.41) is 5.65. The van der Waals surface area contributed by atoms with Crippen molar-refractivity contribution >= 4 is 40.2 Å². The van der Waals surface area contributed by atoms with Crippen molar-refractivity contribution in [3.8, 4) is 0 Å². The van der Waals surface area contributed by atoms with E-state index in [2.05, 4.69) is 12.2 Å². The second kappa shape index (κ2) is 8.54. The molecule has 1 amide bonds. The van der Waals surface area contributed by atoms with E-state index in [0.29, 0.717) is 16.5 Å². The van der Waals surface area contributed by atoms with E-state index in [4.69, 9.17) is 16.6 Å². The molecule has 1 aliphatic carbocycles. The number of nitrogens with zero attached hydrogens (tertiary/aromatic N) is 1. The van der Waals surface area contributed by atoms with Crippen molar-refractivity contribution in [1.82, 2.24) is 10.3 Å². The summed E-state index contributed by atoms with van der Waals surface area (Å²) < 4.78 is 0. The molecule has 1 fully saturated rings. The van der Waals surface area contributed by atoms with Crippen LogP contribution >= 0.6 is 23.4 Å². The van der Waals surface area contributed by atoms with Gasteiger partial charge in [-0.25, -0.2) is 4.98 Å². The maximum Gasteiger partial charge on any atom is 0.252 e. The van der Waals surface area contributed by atoms with Crippen LogP contribution in [0.4, 0.5) is 0 Å². The molecule has 0 bridgehead atoms. The molecule has 0 saturated heterocycles. The van der Waals surface area contributed by atoms with Crippen molar-refractivity contribution in [2.24, 2.45) is 5.92 Å². The van der Waals surface area contributed by atoms with Crippen LogP contribution in [0.2, 0.25) is 5.02 Å². The molecule has 3 aromatic rings. The highest BCUT2D eigenvalue weighted by Crippen LogP contribution is 2.31. The van der Waals surface area contributed by atoms with E-state index in [9.17, 15) is 4.79 Å². The molecular weight excluding hydrogens is 388 g/mol. The molecule has 1 saturated carbocycles. The first-order valence-electron chi connectivity index (χ1n) is 9.74. The van der Waals surface area contributed by atoms with Crippen LogP contribution < -0.4 is 5.32 Å². The van der Waals surface area contributed by atoms with Gasteiger partial charge < -0.3 is 5.32 Å². The lowest BCUT2D eigenvalue weighted by molar-refractivity contribution is 0.0911. The normalized spacial score (nSPS) is 19.5. The average molecular weight is 411 g/mol. The van der Waals surface area contributed by atoms with Gasteiger partial charge in [-0.2, -0.15) is 0 Å². The van der Waals surface area contributed by atoms with E-state index < -0.39 is 0 Å². The number of hydrogen-bond donors (Lipinski definition) is 1. The molecule has 1 aliphatic rings. The Hall–Kier alpha value is -2.04. The van der Waals surface area contributed by atoms with E-state index in [1.807, 2.05) is 54.6 Å². The van der Waals surface area contributed by atoms with Gasteiger partial charge in [0.1, 0.15) is 5.03 Å². The molecule has 2 aromatic carbocycles. The lowest BCUT2D eigenvalue weighted by atomic mass is 9.86. The number of para-hydroxylation sites is 1. The zero-order valence-electron chi connectivity index (χ0n) is 15.8. The van der Waals surface area contributed by atoms with Crippen molar-refractivity contribution in [2.75, 3.05) is 0 Å². The number of aromatic nitrogens is 1. The third-order valence-corrected chi connectivity index (χ3v) is 6.53. The summed E-state index contributed by atoms with van der Waals surface area (Å²) >= 11 is 7.63. The van der Waals surface area contributed by atoms with Crippen LogP contribution in [0.15, 0.2) is 64.5 Å². The summed E-state index contributed by atoms with van der Waals surface area (Å²) in [5.74, 6) is 0.511. The number of fused-ring (bicyclic) bond motifs is 1. The Labute approximate surface area is 174 Å². The topological polar surface area (TPSA) is 42.0 Å². The summed E-state index contributed by atoms with van der Waals surface area (Å²) in [7, 11) is 0. The first-order valence-corrected chi connectivity index (χ1v) is 10.9. The molecule has 4 rings (SSSR count). The third-order valence-electron chi connectivity index (χ3n) is 5.38. The van der Waals surface area contributed by atoms with Gasteiger partial charge >= 0.3 is 0 Å². The van der Waals surface area contributed by atoms with E-state index in [-0.39, 0.29) is 11.9 Å². The molecule has 2 atom stereocenters. The highest BCUT2D eigenvalue weighted by Gasteiger charge is 2.24. The summed E-state index contributed by atoms with van der Waals surface area (Å²) in [6.45, 7) is 2.23. The molecule has 1 heterocycles. The van der Waals surface area contributed by atoms with Crippen LogP contribution in [-0.4, -0.2) is 16.9 Å². The number of pyridine rings is 1. The second-order valence-corrected chi connectivity index (χ2v) is 8.96. The summed E-state index contributed by atoms with van der Waals surface area (Å²) in [5.41, 5.74) is 1.52. The van der Waals surface area contributed by atoms with Gasteiger partial charge in [0.25, 0.3) is 5.91 Å². The SMILES string of the molecule is C[C@H]1CCCC[C@H]1NC(=O)c1cc(Sc2cccc(Cl)c2)nc2ccccc12. The van der Waals surface area contributed by atoms with Crippen molar-refractivity contribution in [3.05, 3.63) is 65.2 Å². The molecule has 0 aliphatic heterocycles. The van der Waals surface area contributed by atoms with Crippen molar-refractivity contribution in [3.63, 3.8) is 0 Å². The Morgan fingerprint density at radius 1 is 1.11 bits per heavy atom. The first kappa shape index (κ1) is 19.3. The van der Waals surface area contributed by atoms with Gasteiger partial charge in [-0.1, -0.05) is 67.4 Å². The van der Waals surface area contributed by atoms with E-state index in [1.165, 1.54) is 31.0 Å². The minimum atomic E-state index is -0.00899. The van der Waals surface area contributed by atoms with Crippen LogP contribution in [0.5, 0.6) is 0 Å². The number of amides is 1. The van der Waals surface area contributed by atoms with Crippen molar-refractivity contribution in [1.29, 1.82) is 0 Å². The maximum atomic E-state index is 13.2. The number of hydrogen-bond acceptors (Lipinski definition) is 3. The lowest BCUT2D eigenvalue weighted by Gasteiger charge is -2.29. The van der Waals surface area contributed by atoms with Crippen LogP contribution in [0.25, 0.3) is 10.9 Å². The molecule has 144 valence electrons. The summed E-state index contributed by atoms with van der Waals surface area (Å²) in [4.78, 5) is 18.9. The Morgan fingerprint density at radius 2 is 1.93 bits per heavy atom. The maximum absolute atomic E-state index is 13.2. The standard InChI is InChI=1S/C23H23ClN2OS/c1-15-7-2-4-11-20(15)26-23(27)19-14-22(25-21-12-5-3-10-18(19)21)28-17-9-6-8-16(24)13-17/h3,5-6,8-10,12-15,20H,2,4,7,11H2,1H3,(H,26,27)/t15-,20+/m0/s1.